The van der Waals surface area contributed by atoms with E-state index in [2.05, 4.69) is 41.4 Å². The minimum absolute atomic E-state index is 0.254. The Morgan fingerprint density at radius 2 is 1.59 bits per heavy atom. The number of aryl methyl sites for hydroxylation is 3. The van der Waals surface area contributed by atoms with E-state index in [0.717, 1.165) is 42.7 Å². The SMILES string of the molecule is Cc1oc(-c2ccccc2)nc1CCCc1ccc(CC(C)n2nccn2)cc1. The van der Waals surface area contributed by atoms with E-state index >= 15 is 0 Å². The fourth-order valence-corrected chi connectivity index (χ4v) is 3.54. The van der Waals surface area contributed by atoms with Gasteiger partial charge in [0.25, 0.3) is 0 Å². The quantitative estimate of drug-likeness (QED) is 0.416. The Labute approximate surface area is 171 Å². The minimum atomic E-state index is 0.254. The molecule has 0 amide bonds. The van der Waals surface area contributed by atoms with Gasteiger partial charge in [0.2, 0.25) is 5.89 Å². The number of hydrogen-bond donors (Lipinski definition) is 0. The summed E-state index contributed by atoms with van der Waals surface area (Å²) in [6.07, 6.45) is 7.37. The molecule has 148 valence electrons. The van der Waals surface area contributed by atoms with Crippen molar-refractivity contribution in [2.75, 3.05) is 0 Å². The molecule has 0 N–H and O–H groups in total. The van der Waals surface area contributed by atoms with Crippen LogP contribution in [0.2, 0.25) is 0 Å². The van der Waals surface area contributed by atoms with Crippen LogP contribution in [0.1, 0.15) is 42.0 Å². The molecule has 4 aromatic rings. The summed E-state index contributed by atoms with van der Waals surface area (Å²) in [5.41, 5.74) is 4.74. The summed E-state index contributed by atoms with van der Waals surface area (Å²) in [6.45, 7) is 4.14. The smallest absolute Gasteiger partial charge is 0.226 e. The van der Waals surface area contributed by atoms with Crippen LogP contribution in [0.4, 0.5) is 0 Å². The second kappa shape index (κ2) is 8.86. The van der Waals surface area contributed by atoms with Gasteiger partial charge in [0.05, 0.1) is 24.1 Å². The van der Waals surface area contributed by atoms with Crippen LogP contribution in [-0.2, 0) is 19.3 Å². The molecule has 1 atom stereocenters. The van der Waals surface area contributed by atoms with Crippen LogP contribution in [0.3, 0.4) is 0 Å². The number of hydrogen-bond acceptors (Lipinski definition) is 4. The van der Waals surface area contributed by atoms with Gasteiger partial charge in [-0.3, -0.25) is 0 Å². The van der Waals surface area contributed by atoms with Crippen LogP contribution in [-0.4, -0.2) is 20.0 Å². The molecule has 0 bridgehead atoms. The summed E-state index contributed by atoms with van der Waals surface area (Å²) in [5.74, 6) is 1.63. The van der Waals surface area contributed by atoms with Crippen molar-refractivity contribution in [3.05, 3.63) is 89.6 Å². The predicted octanol–water partition coefficient (Wildman–Crippen LogP) is 5.22. The Kier molecular flexibility index (Phi) is 5.84. The van der Waals surface area contributed by atoms with Crippen LogP contribution >= 0.6 is 0 Å². The molecule has 0 aliphatic rings. The zero-order chi connectivity index (χ0) is 20.1. The van der Waals surface area contributed by atoms with Crippen LogP contribution < -0.4 is 0 Å². The van der Waals surface area contributed by atoms with Gasteiger partial charge in [0.15, 0.2) is 0 Å². The molecule has 29 heavy (non-hydrogen) atoms. The van der Waals surface area contributed by atoms with E-state index in [1.165, 1.54) is 11.1 Å². The van der Waals surface area contributed by atoms with Crippen molar-refractivity contribution in [3.63, 3.8) is 0 Å². The fraction of sp³-hybridized carbons (Fsp3) is 0.292. The van der Waals surface area contributed by atoms with Crippen molar-refractivity contribution >= 4 is 0 Å². The average molecular weight is 386 g/mol. The lowest BCUT2D eigenvalue weighted by atomic mass is 10.0. The van der Waals surface area contributed by atoms with E-state index in [4.69, 9.17) is 9.40 Å². The molecule has 0 fully saturated rings. The van der Waals surface area contributed by atoms with Crippen molar-refractivity contribution in [2.45, 2.75) is 45.6 Å². The Bertz CT molecular complexity index is 1020. The Hall–Kier alpha value is -3.21. The van der Waals surface area contributed by atoms with E-state index in [0.29, 0.717) is 5.89 Å². The topological polar surface area (TPSA) is 56.7 Å². The Balaban J connectivity index is 1.30. The number of aromatic nitrogens is 4. The highest BCUT2D eigenvalue weighted by Crippen LogP contribution is 2.22. The normalized spacial score (nSPS) is 12.2. The molecular weight excluding hydrogens is 360 g/mol. The maximum atomic E-state index is 5.86. The first-order chi connectivity index (χ1) is 14.2. The van der Waals surface area contributed by atoms with Gasteiger partial charge in [-0.2, -0.15) is 15.0 Å². The highest BCUT2D eigenvalue weighted by atomic mass is 16.4. The number of benzene rings is 2. The lowest BCUT2D eigenvalue weighted by molar-refractivity contribution is 0.432. The molecule has 5 heteroatoms. The second-order valence-corrected chi connectivity index (χ2v) is 7.46. The van der Waals surface area contributed by atoms with Gasteiger partial charge in [0.1, 0.15) is 5.76 Å². The molecule has 4 rings (SSSR count). The standard InChI is InChI=1S/C24H26N4O/c1-18(28-25-15-16-26-28)17-21-13-11-20(12-14-21)7-6-10-23-19(2)29-24(27-23)22-8-4-3-5-9-22/h3-5,8-9,11-16,18H,6-7,10,17H2,1-2H3. The third-order valence-electron chi connectivity index (χ3n) is 5.18. The number of rotatable bonds is 8. The van der Waals surface area contributed by atoms with Crippen molar-refractivity contribution in [1.82, 2.24) is 20.0 Å². The summed E-state index contributed by atoms with van der Waals surface area (Å²) in [5, 5.41) is 8.44. The summed E-state index contributed by atoms with van der Waals surface area (Å²) >= 11 is 0. The summed E-state index contributed by atoms with van der Waals surface area (Å²) in [7, 11) is 0. The molecule has 2 aromatic carbocycles. The van der Waals surface area contributed by atoms with Gasteiger partial charge >= 0.3 is 0 Å². The zero-order valence-corrected chi connectivity index (χ0v) is 17.0. The van der Waals surface area contributed by atoms with Gasteiger partial charge in [-0.1, -0.05) is 42.5 Å². The van der Waals surface area contributed by atoms with Gasteiger partial charge < -0.3 is 4.42 Å². The lowest BCUT2D eigenvalue weighted by Crippen LogP contribution is -2.11. The third kappa shape index (κ3) is 4.80. The monoisotopic (exact) mass is 386 g/mol. The minimum Gasteiger partial charge on any atom is -0.441 e. The molecule has 1 unspecified atom stereocenters. The van der Waals surface area contributed by atoms with Crippen LogP contribution in [0.25, 0.3) is 11.5 Å². The van der Waals surface area contributed by atoms with Crippen molar-refractivity contribution in [3.8, 4) is 11.5 Å². The van der Waals surface area contributed by atoms with Crippen LogP contribution in [0.15, 0.2) is 71.4 Å². The number of oxazole rings is 1. The molecule has 2 heterocycles. The molecule has 0 saturated carbocycles. The Morgan fingerprint density at radius 1 is 0.897 bits per heavy atom. The van der Waals surface area contributed by atoms with Crippen molar-refractivity contribution in [2.24, 2.45) is 0 Å². The first-order valence-corrected chi connectivity index (χ1v) is 10.1. The molecular formula is C24H26N4O. The van der Waals surface area contributed by atoms with Crippen LogP contribution in [0, 0.1) is 6.92 Å². The van der Waals surface area contributed by atoms with Gasteiger partial charge in [-0.15, -0.1) is 0 Å². The van der Waals surface area contributed by atoms with E-state index in [1.807, 2.05) is 37.3 Å². The molecule has 5 nitrogen and oxygen atoms in total. The first-order valence-electron chi connectivity index (χ1n) is 10.1. The summed E-state index contributed by atoms with van der Waals surface area (Å²) in [4.78, 5) is 6.46. The Morgan fingerprint density at radius 3 is 2.31 bits per heavy atom. The predicted molar refractivity (Wildman–Crippen MR) is 114 cm³/mol. The van der Waals surface area contributed by atoms with Crippen LogP contribution in [0.5, 0.6) is 0 Å². The van der Waals surface area contributed by atoms with E-state index in [1.54, 1.807) is 17.2 Å². The van der Waals surface area contributed by atoms with E-state index < -0.39 is 0 Å². The first kappa shape index (κ1) is 19.1. The van der Waals surface area contributed by atoms with Gasteiger partial charge in [0, 0.05) is 5.56 Å². The lowest BCUT2D eigenvalue weighted by Gasteiger charge is -2.11. The van der Waals surface area contributed by atoms with Crippen molar-refractivity contribution < 1.29 is 4.42 Å². The summed E-state index contributed by atoms with van der Waals surface area (Å²) < 4.78 is 5.86. The highest BCUT2D eigenvalue weighted by molar-refractivity contribution is 5.53. The maximum absolute atomic E-state index is 5.86. The summed E-state index contributed by atoms with van der Waals surface area (Å²) in [6, 6.07) is 19.2. The largest absolute Gasteiger partial charge is 0.441 e. The second-order valence-electron chi connectivity index (χ2n) is 7.46. The highest BCUT2D eigenvalue weighted by Gasteiger charge is 2.11. The van der Waals surface area contributed by atoms with Gasteiger partial charge in [-0.25, -0.2) is 4.98 Å². The fourth-order valence-electron chi connectivity index (χ4n) is 3.54. The molecule has 0 aliphatic heterocycles. The molecule has 0 spiro atoms. The maximum Gasteiger partial charge on any atom is 0.226 e. The third-order valence-corrected chi connectivity index (χ3v) is 5.18. The number of nitrogens with zero attached hydrogens (tertiary/aromatic N) is 4. The van der Waals surface area contributed by atoms with E-state index in [-0.39, 0.29) is 6.04 Å². The molecule has 0 aliphatic carbocycles. The van der Waals surface area contributed by atoms with Crippen molar-refractivity contribution in [1.29, 1.82) is 0 Å². The molecule has 0 radical (unpaired) electrons. The average Bonchev–Trinajstić information content (AvgIpc) is 3.41. The van der Waals surface area contributed by atoms with E-state index in [9.17, 15) is 0 Å². The zero-order valence-electron chi connectivity index (χ0n) is 17.0. The van der Waals surface area contributed by atoms with Gasteiger partial charge in [-0.05, 0) is 62.8 Å². The molecule has 0 saturated heterocycles. The molecule has 2 aromatic heterocycles.